The van der Waals surface area contributed by atoms with Crippen LogP contribution < -0.4 is 5.73 Å². The third-order valence-corrected chi connectivity index (χ3v) is 3.99. The molecule has 1 fully saturated rings. The lowest BCUT2D eigenvalue weighted by atomic mass is 9.66. The normalized spacial score (nSPS) is 39.9. The van der Waals surface area contributed by atoms with Gasteiger partial charge in [0.05, 0.1) is 5.60 Å². The van der Waals surface area contributed by atoms with Gasteiger partial charge in [-0.1, -0.05) is 27.7 Å². The first kappa shape index (κ1) is 12.0. The van der Waals surface area contributed by atoms with Crippen LogP contribution in [-0.4, -0.2) is 16.7 Å². The second kappa shape index (κ2) is 3.82. The van der Waals surface area contributed by atoms with Crippen molar-refractivity contribution in [2.75, 3.05) is 0 Å². The summed E-state index contributed by atoms with van der Waals surface area (Å²) in [6.07, 6.45) is 3.73. The van der Waals surface area contributed by atoms with Crippen molar-refractivity contribution in [1.29, 1.82) is 0 Å². The van der Waals surface area contributed by atoms with Crippen molar-refractivity contribution >= 4 is 0 Å². The van der Waals surface area contributed by atoms with E-state index in [1.54, 1.807) is 0 Å². The van der Waals surface area contributed by atoms with Crippen molar-refractivity contribution in [3.05, 3.63) is 0 Å². The topological polar surface area (TPSA) is 46.2 Å². The molecule has 3 N–H and O–H groups in total. The predicted molar refractivity (Wildman–Crippen MR) is 60.0 cm³/mol. The minimum Gasteiger partial charge on any atom is -0.388 e. The highest BCUT2D eigenvalue weighted by molar-refractivity contribution is 4.96. The van der Waals surface area contributed by atoms with Crippen LogP contribution in [0.4, 0.5) is 0 Å². The predicted octanol–water partition coefficient (Wildman–Crippen LogP) is 2.30. The molecule has 14 heavy (non-hydrogen) atoms. The smallest absolute Gasteiger partial charge is 0.0795 e. The van der Waals surface area contributed by atoms with E-state index in [0.29, 0.717) is 11.3 Å². The summed E-state index contributed by atoms with van der Waals surface area (Å²) in [5, 5.41) is 10.2. The minimum absolute atomic E-state index is 0.0366. The Morgan fingerprint density at radius 3 is 2.36 bits per heavy atom. The van der Waals surface area contributed by atoms with E-state index in [2.05, 4.69) is 20.8 Å². The van der Waals surface area contributed by atoms with Gasteiger partial charge in [-0.2, -0.15) is 0 Å². The highest BCUT2D eigenvalue weighted by atomic mass is 16.3. The lowest BCUT2D eigenvalue weighted by Crippen LogP contribution is -2.53. The quantitative estimate of drug-likeness (QED) is 0.680. The Morgan fingerprint density at radius 1 is 1.43 bits per heavy atom. The molecule has 0 aromatic rings. The molecule has 0 bridgehead atoms. The zero-order chi connectivity index (χ0) is 11.0. The number of hydrogen-bond acceptors (Lipinski definition) is 2. The molecule has 0 saturated heterocycles. The molecule has 3 unspecified atom stereocenters. The summed E-state index contributed by atoms with van der Waals surface area (Å²) >= 11 is 0. The van der Waals surface area contributed by atoms with E-state index in [-0.39, 0.29) is 6.04 Å². The maximum atomic E-state index is 10.2. The van der Waals surface area contributed by atoms with Gasteiger partial charge >= 0.3 is 0 Å². The summed E-state index contributed by atoms with van der Waals surface area (Å²) in [5.74, 6) is 0.657. The van der Waals surface area contributed by atoms with Gasteiger partial charge in [-0.25, -0.2) is 0 Å². The number of hydrogen-bond donors (Lipinski definition) is 2. The highest BCUT2D eigenvalue weighted by Gasteiger charge is 2.41. The van der Waals surface area contributed by atoms with Crippen LogP contribution in [0.5, 0.6) is 0 Å². The van der Waals surface area contributed by atoms with Gasteiger partial charge in [0.1, 0.15) is 0 Å². The fourth-order valence-corrected chi connectivity index (χ4v) is 2.48. The summed E-state index contributed by atoms with van der Waals surface area (Å²) in [5.41, 5.74) is 5.79. The molecule has 0 radical (unpaired) electrons. The van der Waals surface area contributed by atoms with Crippen molar-refractivity contribution in [2.24, 2.45) is 17.1 Å². The lowest BCUT2D eigenvalue weighted by Gasteiger charge is -2.45. The Kier molecular flexibility index (Phi) is 3.27. The zero-order valence-electron chi connectivity index (χ0n) is 10.0. The molecule has 1 saturated carbocycles. The largest absolute Gasteiger partial charge is 0.388 e. The van der Waals surface area contributed by atoms with Crippen LogP contribution in [0.25, 0.3) is 0 Å². The third-order valence-electron chi connectivity index (χ3n) is 3.99. The number of nitrogens with two attached hydrogens (primary N) is 1. The highest BCUT2D eigenvalue weighted by Crippen LogP contribution is 2.41. The Hall–Kier alpha value is -0.0800. The summed E-state index contributed by atoms with van der Waals surface area (Å²) in [6.45, 7) is 8.82. The van der Waals surface area contributed by atoms with Crippen LogP contribution >= 0.6 is 0 Å². The molecule has 3 atom stereocenters. The van der Waals surface area contributed by atoms with Crippen molar-refractivity contribution in [3.63, 3.8) is 0 Å². The molecule has 1 aliphatic carbocycles. The summed E-state index contributed by atoms with van der Waals surface area (Å²) < 4.78 is 0. The molecular formula is C12H25NO. The van der Waals surface area contributed by atoms with Gasteiger partial charge in [-0.05, 0) is 37.0 Å². The van der Waals surface area contributed by atoms with Crippen molar-refractivity contribution in [1.82, 2.24) is 0 Å². The molecular weight excluding hydrogens is 174 g/mol. The van der Waals surface area contributed by atoms with E-state index in [1.165, 1.54) is 0 Å². The van der Waals surface area contributed by atoms with E-state index in [1.807, 2.05) is 6.92 Å². The monoisotopic (exact) mass is 199 g/mol. The molecule has 0 aliphatic heterocycles. The fourth-order valence-electron chi connectivity index (χ4n) is 2.48. The van der Waals surface area contributed by atoms with Crippen LogP contribution in [0.2, 0.25) is 0 Å². The summed E-state index contributed by atoms with van der Waals surface area (Å²) in [4.78, 5) is 0. The van der Waals surface area contributed by atoms with Crippen molar-refractivity contribution in [2.45, 2.75) is 65.0 Å². The van der Waals surface area contributed by atoms with Crippen LogP contribution in [-0.2, 0) is 0 Å². The number of aliphatic hydroxyl groups is 1. The SMILES string of the molecule is CCC1(O)CCC(C(C)(C)C)CC1N. The van der Waals surface area contributed by atoms with E-state index >= 15 is 0 Å². The molecule has 0 heterocycles. The zero-order valence-corrected chi connectivity index (χ0v) is 10.0. The Labute approximate surface area is 87.9 Å². The second-order valence-corrected chi connectivity index (χ2v) is 5.90. The van der Waals surface area contributed by atoms with Crippen LogP contribution in [0.1, 0.15) is 53.4 Å². The van der Waals surface area contributed by atoms with Crippen LogP contribution in [0.15, 0.2) is 0 Å². The van der Waals surface area contributed by atoms with Crippen LogP contribution in [0.3, 0.4) is 0 Å². The lowest BCUT2D eigenvalue weighted by molar-refractivity contribution is -0.0450. The maximum Gasteiger partial charge on any atom is 0.0795 e. The number of rotatable bonds is 1. The molecule has 2 heteroatoms. The fraction of sp³-hybridized carbons (Fsp3) is 1.00. The molecule has 2 nitrogen and oxygen atoms in total. The Balaban J connectivity index is 2.64. The average molecular weight is 199 g/mol. The third kappa shape index (κ3) is 2.29. The first-order valence-corrected chi connectivity index (χ1v) is 5.77. The van der Waals surface area contributed by atoms with Gasteiger partial charge in [0.25, 0.3) is 0 Å². The molecule has 0 aromatic heterocycles. The van der Waals surface area contributed by atoms with Crippen molar-refractivity contribution in [3.8, 4) is 0 Å². The molecule has 0 spiro atoms. The first-order chi connectivity index (χ1) is 6.29. The Morgan fingerprint density at radius 2 is 2.00 bits per heavy atom. The average Bonchev–Trinajstić information content (AvgIpc) is 2.08. The molecule has 1 rings (SSSR count). The van der Waals surface area contributed by atoms with Gasteiger partial charge in [0.15, 0.2) is 0 Å². The molecule has 0 aromatic carbocycles. The van der Waals surface area contributed by atoms with E-state index in [0.717, 1.165) is 25.7 Å². The molecule has 0 amide bonds. The maximum absolute atomic E-state index is 10.2. The van der Waals surface area contributed by atoms with Gasteiger partial charge in [0.2, 0.25) is 0 Å². The van der Waals surface area contributed by atoms with E-state index < -0.39 is 5.60 Å². The first-order valence-electron chi connectivity index (χ1n) is 5.77. The van der Waals surface area contributed by atoms with Gasteiger partial charge in [0, 0.05) is 6.04 Å². The van der Waals surface area contributed by atoms with Gasteiger partial charge < -0.3 is 10.8 Å². The molecule has 1 aliphatic rings. The summed E-state index contributed by atoms with van der Waals surface area (Å²) in [6, 6.07) is -0.0366. The van der Waals surface area contributed by atoms with Gasteiger partial charge in [-0.3, -0.25) is 0 Å². The van der Waals surface area contributed by atoms with E-state index in [9.17, 15) is 5.11 Å². The summed E-state index contributed by atoms with van der Waals surface area (Å²) in [7, 11) is 0. The molecule has 84 valence electrons. The minimum atomic E-state index is -0.595. The van der Waals surface area contributed by atoms with Crippen molar-refractivity contribution < 1.29 is 5.11 Å². The second-order valence-electron chi connectivity index (χ2n) is 5.90. The van der Waals surface area contributed by atoms with Gasteiger partial charge in [-0.15, -0.1) is 0 Å². The Bertz CT molecular complexity index is 197. The van der Waals surface area contributed by atoms with E-state index in [4.69, 9.17) is 5.73 Å². The van der Waals surface area contributed by atoms with Crippen LogP contribution in [0, 0.1) is 11.3 Å². The standard InChI is InChI=1S/C12H25NO/c1-5-12(14)7-6-9(8-10(12)13)11(2,3)4/h9-10,14H,5-8,13H2,1-4H3.